The van der Waals surface area contributed by atoms with Crippen LogP contribution in [0.25, 0.3) is 0 Å². The Labute approximate surface area is 111 Å². The Morgan fingerprint density at radius 2 is 2.21 bits per heavy atom. The average Bonchev–Trinajstić information content (AvgIpc) is 2.40. The molecule has 2 rings (SSSR count). The molecule has 1 aromatic carbocycles. The number of carbonyl (C=O) groups is 1. The molecule has 0 unspecified atom stereocenters. The molecule has 0 saturated carbocycles. The summed E-state index contributed by atoms with van der Waals surface area (Å²) in [6.45, 7) is 2.34. The number of aromatic nitrogens is 1. The summed E-state index contributed by atoms with van der Waals surface area (Å²) in [6, 6.07) is 8.56. The van der Waals surface area contributed by atoms with Crippen molar-refractivity contribution in [3.63, 3.8) is 0 Å². The number of aromatic hydroxyl groups is 1. The number of benzene rings is 1. The van der Waals surface area contributed by atoms with Crippen LogP contribution in [-0.2, 0) is 0 Å². The topological polar surface area (TPSA) is 79.5 Å². The molecule has 0 fully saturated rings. The van der Waals surface area contributed by atoms with Crippen LogP contribution in [-0.4, -0.2) is 22.5 Å². The Balaban J connectivity index is 2.38. The maximum absolute atomic E-state index is 12.4. The number of pyridine rings is 1. The molecule has 0 spiro atoms. The van der Waals surface area contributed by atoms with Crippen LogP contribution in [0.2, 0.25) is 0 Å². The van der Waals surface area contributed by atoms with Gasteiger partial charge >= 0.3 is 0 Å². The molecule has 1 aromatic heterocycles. The van der Waals surface area contributed by atoms with E-state index >= 15 is 0 Å². The number of nitrogen functional groups attached to an aromatic ring is 1. The molecule has 0 aliphatic heterocycles. The third-order valence-electron chi connectivity index (χ3n) is 2.77. The van der Waals surface area contributed by atoms with Crippen molar-refractivity contribution < 1.29 is 9.90 Å². The Bertz CT molecular complexity index is 599. The molecule has 0 saturated heterocycles. The molecule has 5 heteroatoms. The first kappa shape index (κ1) is 12.9. The fourth-order valence-corrected chi connectivity index (χ4v) is 1.85. The van der Waals surface area contributed by atoms with Gasteiger partial charge in [0, 0.05) is 24.1 Å². The summed E-state index contributed by atoms with van der Waals surface area (Å²) in [5.41, 5.74) is 7.23. The highest BCUT2D eigenvalue weighted by atomic mass is 16.3. The van der Waals surface area contributed by atoms with Gasteiger partial charge in [-0.25, -0.2) is 0 Å². The lowest BCUT2D eigenvalue weighted by Crippen LogP contribution is -2.30. The standard InChI is InChI=1S/C14H15N3O2/c1-2-17(11-5-3-4-10(15)8-11)14(19)12-6-7-16-9-13(12)18/h3-9,18H,2,15H2,1H3. The SMILES string of the molecule is CCN(C(=O)c1ccncc1O)c1cccc(N)c1. The lowest BCUT2D eigenvalue weighted by molar-refractivity contribution is 0.0985. The zero-order chi connectivity index (χ0) is 13.8. The lowest BCUT2D eigenvalue weighted by atomic mass is 10.2. The van der Waals surface area contributed by atoms with Crippen molar-refractivity contribution in [1.82, 2.24) is 4.98 Å². The summed E-state index contributed by atoms with van der Waals surface area (Å²) in [5, 5.41) is 9.69. The van der Waals surface area contributed by atoms with Gasteiger partial charge in [0.2, 0.25) is 0 Å². The van der Waals surface area contributed by atoms with Gasteiger partial charge in [0.05, 0.1) is 11.8 Å². The van der Waals surface area contributed by atoms with E-state index in [2.05, 4.69) is 4.98 Å². The molecule has 0 aliphatic carbocycles. The smallest absolute Gasteiger partial charge is 0.262 e. The zero-order valence-corrected chi connectivity index (χ0v) is 10.6. The fraction of sp³-hybridized carbons (Fsp3) is 0.143. The van der Waals surface area contributed by atoms with Crippen molar-refractivity contribution in [3.8, 4) is 5.75 Å². The number of nitrogens with two attached hydrogens (primary N) is 1. The van der Waals surface area contributed by atoms with Crippen LogP contribution in [0, 0.1) is 0 Å². The molecule has 98 valence electrons. The van der Waals surface area contributed by atoms with Crippen LogP contribution in [0.1, 0.15) is 17.3 Å². The van der Waals surface area contributed by atoms with Crippen LogP contribution in [0.4, 0.5) is 11.4 Å². The second kappa shape index (κ2) is 5.39. The predicted molar refractivity (Wildman–Crippen MR) is 74.1 cm³/mol. The van der Waals surface area contributed by atoms with Crippen LogP contribution < -0.4 is 10.6 Å². The van der Waals surface area contributed by atoms with E-state index in [0.29, 0.717) is 17.9 Å². The summed E-state index contributed by atoms with van der Waals surface area (Å²) in [7, 11) is 0. The summed E-state index contributed by atoms with van der Waals surface area (Å²) in [5.74, 6) is -0.414. The van der Waals surface area contributed by atoms with Crippen molar-refractivity contribution >= 4 is 17.3 Å². The van der Waals surface area contributed by atoms with E-state index in [9.17, 15) is 9.90 Å². The number of amides is 1. The Kier molecular flexibility index (Phi) is 3.66. The van der Waals surface area contributed by atoms with Gasteiger partial charge in [0.15, 0.2) is 0 Å². The minimum atomic E-state index is -0.284. The van der Waals surface area contributed by atoms with Crippen LogP contribution in [0.5, 0.6) is 5.75 Å². The maximum atomic E-state index is 12.4. The molecular formula is C14H15N3O2. The molecule has 0 radical (unpaired) electrons. The van der Waals surface area contributed by atoms with Crippen molar-refractivity contribution in [2.45, 2.75) is 6.92 Å². The zero-order valence-electron chi connectivity index (χ0n) is 10.6. The number of carbonyl (C=O) groups excluding carboxylic acids is 1. The number of hydrogen-bond donors (Lipinski definition) is 2. The largest absolute Gasteiger partial charge is 0.505 e. The quantitative estimate of drug-likeness (QED) is 0.824. The van der Waals surface area contributed by atoms with Gasteiger partial charge in [-0.05, 0) is 31.2 Å². The Morgan fingerprint density at radius 1 is 1.42 bits per heavy atom. The second-order valence-corrected chi connectivity index (χ2v) is 4.04. The van der Waals surface area contributed by atoms with Gasteiger partial charge in [0.1, 0.15) is 5.75 Å². The van der Waals surface area contributed by atoms with Crippen molar-refractivity contribution in [3.05, 3.63) is 48.3 Å². The predicted octanol–water partition coefficient (Wildman–Crippen LogP) is 2.04. The van der Waals surface area contributed by atoms with Crippen molar-refractivity contribution in [1.29, 1.82) is 0 Å². The van der Waals surface area contributed by atoms with E-state index in [1.54, 1.807) is 29.2 Å². The molecule has 2 aromatic rings. The summed E-state index contributed by atoms with van der Waals surface area (Å²) in [6.07, 6.45) is 2.72. The molecule has 5 nitrogen and oxygen atoms in total. The van der Waals surface area contributed by atoms with E-state index in [1.807, 2.05) is 6.92 Å². The van der Waals surface area contributed by atoms with Crippen LogP contribution in [0.15, 0.2) is 42.7 Å². The van der Waals surface area contributed by atoms with Crippen LogP contribution in [0.3, 0.4) is 0 Å². The van der Waals surface area contributed by atoms with Gasteiger partial charge in [-0.2, -0.15) is 0 Å². The highest BCUT2D eigenvalue weighted by molar-refractivity contribution is 6.07. The molecule has 1 amide bonds. The molecule has 0 aliphatic rings. The molecule has 3 N–H and O–H groups in total. The number of anilines is 2. The summed E-state index contributed by atoms with van der Waals surface area (Å²) in [4.78, 5) is 17.7. The minimum Gasteiger partial charge on any atom is -0.505 e. The fourth-order valence-electron chi connectivity index (χ4n) is 1.85. The normalized spacial score (nSPS) is 10.2. The monoisotopic (exact) mass is 257 g/mol. The second-order valence-electron chi connectivity index (χ2n) is 4.04. The van der Waals surface area contributed by atoms with Gasteiger partial charge in [0.25, 0.3) is 5.91 Å². The van der Waals surface area contributed by atoms with E-state index in [1.165, 1.54) is 18.5 Å². The average molecular weight is 257 g/mol. The molecule has 0 atom stereocenters. The summed E-state index contributed by atoms with van der Waals surface area (Å²) >= 11 is 0. The van der Waals surface area contributed by atoms with Gasteiger partial charge in [-0.15, -0.1) is 0 Å². The van der Waals surface area contributed by atoms with Crippen molar-refractivity contribution in [2.24, 2.45) is 0 Å². The number of nitrogens with zero attached hydrogens (tertiary/aromatic N) is 2. The first-order valence-corrected chi connectivity index (χ1v) is 5.94. The number of hydrogen-bond acceptors (Lipinski definition) is 4. The van der Waals surface area contributed by atoms with Crippen molar-refractivity contribution in [2.75, 3.05) is 17.2 Å². The molecule has 19 heavy (non-hydrogen) atoms. The third kappa shape index (κ3) is 2.65. The highest BCUT2D eigenvalue weighted by Crippen LogP contribution is 2.22. The lowest BCUT2D eigenvalue weighted by Gasteiger charge is -2.21. The Morgan fingerprint density at radius 3 is 2.84 bits per heavy atom. The summed E-state index contributed by atoms with van der Waals surface area (Å²) < 4.78 is 0. The van der Waals surface area contributed by atoms with E-state index in [0.717, 1.165) is 0 Å². The van der Waals surface area contributed by atoms with E-state index in [-0.39, 0.29) is 17.2 Å². The minimum absolute atomic E-state index is 0.130. The molecule has 0 bridgehead atoms. The first-order valence-electron chi connectivity index (χ1n) is 5.94. The first-order chi connectivity index (χ1) is 9.13. The maximum Gasteiger partial charge on any atom is 0.262 e. The Hall–Kier alpha value is -2.56. The van der Waals surface area contributed by atoms with E-state index < -0.39 is 0 Å². The third-order valence-corrected chi connectivity index (χ3v) is 2.77. The molecular weight excluding hydrogens is 242 g/mol. The van der Waals surface area contributed by atoms with E-state index in [4.69, 9.17) is 5.73 Å². The van der Waals surface area contributed by atoms with Gasteiger partial charge < -0.3 is 15.7 Å². The molecule has 1 heterocycles. The van der Waals surface area contributed by atoms with Gasteiger partial charge in [-0.3, -0.25) is 9.78 Å². The van der Waals surface area contributed by atoms with Crippen LogP contribution >= 0.6 is 0 Å². The highest BCUT2D eigenvalue weighted by Gasteiger charge is 2.19. The van der Waals surface area contributed by atoms with Gasteiger partial charge in [-0.1, -0.05) is 6.07 Å². The number of rotatable bonds is 3.